The van der Waals surface area contributed by atoms with Gasteiger partial charge in [-0.1, -0.05) is 13.3 Å². The summed E-state index contributed by atoms with van der Waals surface area (Å²) in [4.78, 5) is 3.79. The second-order valence-corrected chi connectivity index (χ2v) is 3.04. The predicted molar refractivity (Wildman–Crippen MR) is 49.1 cm³/mol. The summed E-state index contributed by atoms with van der Waals surface area (Å²) in [5.41, 5.74) is 0. The molecule has 0 aliphatic rings. The van der Waals surface area contributed by atoms with Crippen molar-refractivity contribution < 1.29 is 9.52 Å². The van der Waals surface area contributed by atoms with Crippen LogP contribution < -0.4 is 5.32 Å². The predicted octanol–water partition coefficient (Wildman–Crippen LogP) is 0.925. The van der Waals surface area contributed by atoms with Crippen LogP contribution in [0.25, 0.3) is 0 Å². The SMILES string of the molecule is CCCC(O)CNCc1cnco1. The number of oxazole rings is 1. The van der Waals surface area contributed by atoms with Crippen molar-refractivity contribution in [2.24, 2.45) is 0 Å². The van der Waals surface area contributed by atoms with Gasteiger partial charge in [0.1, 0.15) is 5.76 Å². The molecule has 13 heavy (non-hydrogen) atoms. The smallest absolute Gasteiger partial charge is 0.180 e. The Morgan fingerprint density at radius 1 is 1.69 bits per heavy atom. The molecule has 0 saturated heterocycles. The molecule has 1 unspecified atom stereocenters. The Hall–Kier alpha value is -0.870. The Kier molecular flexibility index (Phi) is 4.49. The van der Waals surface area contributed by atoms with Gasteiger partial charge in [-0.05, 0) is 6.42 Å². The number of nitrogens with zero attached hydrogens (tertiary/aromatic N) is 1. The van der Waals surface area contributed by atoms with Crippen LogP contribution in [0, 0.1) is 0 Å². The van der Waals surface area contributed by atoms with Crippen LogP contribution in [0.1, 0.15) is 25.5 Å². The minimum Gasteiger partial charge on any atom is -0.447 e. The lowest BCUT2D eigenvalue weighted by Gasteiger charge is -2.08. The summed E-state index contributed by atoms with van der Waals surface area (Å²) in [6.07, 6.45) is 4.65. The zero-order chi connectivity index (χ0) is 9.52. The van der Waals surface area contributed by atoms with Crippen molar-refractivity contribution >= 4 is 0 Å². The number of nitrogens with one attached hydrogen (secondary N) is 1. The molecule has 1 atom stereocenters. The molecule has 0 radical (unpaired) electrons. The Labute approximate surface area is 78.0 Å². The summed E-state index contributed by atoms with van der Waals surface area (Å²) < 4.78 is 5.02. The van der Waals surface area contributed by atoms with Gasteiger partial charge in [0.05, 0.1) is 18.8 Å². The van der Waals surface area contributed by atoms with E-state index in [1.165, 1.54) is 6.39 Å². The highest BCUT2D eigenvalue weighted by Crippen LogP contribution is 1.97. The molecule has 1 rings (SSSR count). The lowest BCUT2D eigenvalue weighted by Crippen LogP contribution is -2.25. The fourth-order valence-electron chi connectivity index (χ4n) is 1.13. The maximum Gasteiger partial charge on any atom is 0.180 e. The Morgan fingerprint density at radius 3 is 3.15 bits per heavy atom. The van der Waals surface area contributed by atoms with E-state index in [4.69, 9.17) is 4.42 Å². The maximum absolute atomic E-state index is 9.37. The van der Waals surface area contributed by atoms with E-state index in [0.29, 0.717) is 13.1 Å². The zero-order valence-electron chi connectivity index (χ0n) is 7.86. The number of rotatable bonds is 6. The van der Waals surface area contributed by atoms with Gasteiger partial charge in [-0.25, -0.2) is 4.98 Å². The van der Waals surface area contributed by atoms with Crippen molar-refractivity contribution in [2.75, 3.05) is 6.54 Å². The van der Waals surface area contributed by atoms with Gasteiger partial charge < -0.3 is 14.8 Å². The van der Waals surface area contributed by atoms with E-state index < -0.39 is 0 Å². The van der Waals surface area contributed by atoms with Gasteiger partial charge in [0.15, 0.2) is 6.39 Å². The maximum atomic E-state index is 9.37. The molecule has 0 spiro atoms. The zero-order valence-corrected chi connectivity index (χ0v) is 7.86. The molecule has 1 heterocycles. The van der Waals surface area contributed by atoms with Gasteiger partial charge in [-0.3, -0.25) is 0 Å². The largest absolute Gasteiger partial charge is 0.447 e. The van der Waals surface area contributed by atoms with Crippen molar-refractivity contribution in [1.82, 2.24) is 10.3 Å². The fourth-order valence-corrected chi connectivity index (χ4v) is 1.13. The van der Waals surface area contributed by atoms with Crippen LogP contribution in [0.3, 0.4) is 0 Å². The van der Waals surface area contributed by atoms with Crippen molar-refractivity contribution in [3.63, 3.8) is 0 Å². The number of aliphatic hydroxyl groups is 1. The monoisotopic (exact) mass is 184 g/mol. The molecule has 74 valence electrons. The van der Waals surface area contributed by atoms with Crippen molar-refractivity contribution in [1.29, 1.82) is 0 Å². The van der Waals surface area contributed by atoms with Crippen LogP contribution in [-0.4, -0.2) is 22.7 Å². The summed E-state index contributed by atoms with van der Waals surface area (Å²) in [5.74, 6) is 0.795. The molecule has 0 aliphatic heterocycles. The van der Waals surface area contributed by atoms with E-state index in [0.717, 1.165) is 18.6 Å². The second-order valence-electron chi connectivity index (χ2n) is 3.04. The number of aromatic nitrogens is 1. The van der Waals surface area contributed by atoms with E-state index in [1.807, 2.05) is 0 Å². The van der Waals surface area contributed by atoms with Gasteiger partial charge in [-0.2, -0.15) is 0 Å². The summed E-state index contributed by atoms with van der Waals surface area (Å²) in [6, 6.07) is 0. The molecule has 4 heteroatoms. The fraction of sp³-hybridized carbons (Fsp3) is 0.667. The van der Waals surface area contributed by atoms with Crippen LogP contribution in [0.2, 0.25) is 0 Å². The summed E-state index contributed by atoms with van der Waals surface area (Å²) in [7, 11) is 0. The van der Waals surface area contributed by atoms with E-state index in [-0.39, 0.29) is 6.10 Å². The molecule has 0 aromatic carbocycles. The van der Waals surface area contributed by atoms with Gasteiger partial charge in [0, 0.05) is 6.54 Å². The Bertz CT molecular complexity index is 211. The van der Waals surface area contributed by atoms with Gasteiger partial charge in [0.25, 0.3) is 0 Å². The van der Waals surface area contributed by atoms with Crippen LogP contribution >= 0.6 is 0 Å². The van der Waals surface area contributed by atoms with Crippen LogP contribution in [-0.2, 0) is 6.54 Å². The first-order valence-electron chi connectivity index (χ1n) is 4.59. The topological polar surface area (TPSA) is 58.3 Å². The average Bonchev–Trinajstić information content (AvgIpc) is 2.57. The third kappa shape index (κ3) is 4.05. The normalized spacial score (nSPS) is 13.1. The molecule has 0 amide bonds. The molecule has 4 nitrogen and oxygen atoms in total. The molecule has 2 N–H and O–H groups in total. The third-order valence-corrected chi connectivity index (χ3v) is 1.78. The van der Waals surface area contributed by atoms with E-state index in [1.54, 1.807) is 6.20 Å². The molecular formula is C9H16N2O2. The van der Waals surface area contributed by atoms with E-state index >= 15 is 0 Å². The van der Waals surface area contributed by atoms with Crippen LogP contribution in [0.15, 0.2) is 17.0 Å². The highest BCUT2D eigenvalue weighted by molar-refractivity contribution is 4.87. The van der Waals surface area contributed by atoms with Crippen LogP contribution in [0.5, 0.6) is 0 Å². The first kappa shape index (κ1) is 10.2. The molecule has 1 aromatic heterocycles. The van der Waals surface area contributed by atoms with Crippen LogP contribution in [0.4, 0.5) is 0 Å². The number of hydrogen-bond donors (Lipinski definition) is 2. The van der Waals surface area contributed by atoms with Crippen molar-refractivity contribution in [2.45, 2.75) is 32.4 Å². The number of hydrogen-bond acceptors (Lipinski definition) is 4. The first-order chi connectivity index (χ1) is 6.33. The standard InChI is InChI=1S/C9H16N2O2/c1-2-3-8(12)4-10-5-9-6-11-7-13-9/h6-8,10,12H,2-5H2,1H3. The quantitative estimate of drug-likeness (QED) is 0.690. The average molecular weight is 184 g/mol. The molecule has 0 fully saturated rings. The highest BCUT2D eigenvalue weighted by Gasteiger charge is 2.02. The van der Waals surface area contributed by atoms with E-state index in [2.05, 4.69) is 17.2 Å². The summed E-state index contributed by atoms with van der Waals surface area (Å²) in [6.45, 7) is 3.29. The third-order valence-electron chi connectivity index (χ3n) is 1.78. The van der Waals surface area contributed by atoms with Crippen molar-refractivity contribution in [3.8, 4) is 0 Å². The minimum absolute atomic E-state index is 0.257. The first-order valence-corrected chi connectivity index (χ1v) is 4.59. The second kappa shape index (κ2) is 5.72. The lowest BCUT2D eigenvalue weighted by molar-refractivity contribution is 0.159. The van der Waals surface area contributed by atoms with E-state index in [9.17, 15) is 5.11 Å². The Balaban J connectivity index is 2.07. The number of aliphatic hydroxyl groups excluding tert-OH is 1. The minimum atomic E-state index is -0.257. The van der Waals surface area contributed by atoms with Gasteiger partial charge in [-0.15, -0.1) is 0 Å². The highest BCUT2D eigenvalue weighted by atomic mass is 16.3. The molecule has 1 aromatic rings. The van der Waals surface area contributed by atoms with Crippen molar-refractivity contribution in [3.05, 3.63) is 18.4 Å². The summed E-state index contributed by atoms with van der Waals surface area (Å²) in [5, 5.41) is 12.5. The molecule has 0 bridgehead atoms. The Morgan fingerprint density at radius 2 is 2.54 bits per heavy atom. The molecular weight excluding hydrogens is 168 g/mol. The molecule has 0 aliphatic carbocycles. The van der Waals surface area contributed by atoms with Gasteiger partial charge in [0.2, 0.25) is 0 Å². The van der Waals surface area contributed by atoms with Gasteiger partial charge >= 0.3 is 0 Å². The lowest BCUT2D eigenvalue weighted by atomic mass is 10.2. The molecule has 0 saturated carbocycles. The summed E-state index contributed by atoms with van der Waals surface area (Å²) >= 11 is 0.